The highest BCUT2D eigenvalue weighted by Crippen LogP contribution is 1.84. The molecule has 0 aromatic rings. The third kappa shape index (κ3) is 3.21. The van der Waals surface area contributed by atoms with Crippen LogP contribution in [0.25, 0.3) is 0 Å². The molecule has 0 unspecified atom stereocenters. The number of hydrazone groups is 1. The number of nitrogens with two attached hydrogens (primary N) is 1. The van der Waals surface area contributed by atoms with E-state index in [-0.39, 0.29) is 5.76 Å². The van der Waals surface area contributed by atoms with Gasteiger partial charge in [-0.25, -0.2) is 0 Å². The maximum atomic E-state index is 8.58. The smallest absolute Gasteiger partial charge is 0.0910 e. The predicted molar refractivity (Wildman–Crippen MR) is 33.7 cm³/mol. The number of aliphatic hydroxyl groups excluding tert-OH is 1. The van der Waals surface area contributed by atoms with Gasteiger partial charge in [-0.15, -0.1) is 0 Å². The monoisotopic (exact) mass is 114 g/mol. The second-order valence-electron chi connectivity index (χ2n) is 1.56. The third-order valence-corrected chi connectivity index (χ3v) is 0.621. The molecule has 3 heteroatoms. The summed E-state index contributed by atoms with van der Waals surface area (Å²) in [5.74, 6) is 5.07. The summed E-state index contributed by atoms with van der Waals surface area (Å²) in [5.41, 5.74) is 0.616. The molecular formula is C5H10N2O. The van der Waals surface area contributed by atoms with Gasteiger partial charge in [0, 0.05) is 0 Å². The zero-order chi connectivity index (χ0) is 6.57. The second-order valence-corrected chi connectivity index (χ2v) is 1.56. The van der Waals surface area contributed by atoms with Gasteiger partial charge in [0.1, 0.15) is 0 Å². The van der Waals surface area contributed by atoms with Crippen LogP contribution in [-0.2, 0) is 0 Å². The summed E-state index contributed by atoms with van der Waals surface area (Å²) in [4.78, 5) is 0. The highest BCUT2D eigenvalue weighted by atomic mass is 16.3. The van der Waals surface area contributed by atoms with E-state index >= 15 is 0 Å². The van der Waals surface area contributed by atoms with Crippen molar-refractivity contribution >= 4 is 5.71 Å². The van der Waals surface area contributed by atoms with E-state index in [1.807, 2.05) is 0 Å². The van der Waals surface area contributed by atoms with Gasteiger partial charge in [0.25, 0.3) is 0 Å². The molecule has 0 saturated heterocycles. The fourth-order valence-corrected chi connectivity index (χ4v) is 0.340. The molecule has 0 rings (SSSR count). The number of rotatable bonds is 1. The number of hydrogen-bond donors (Lipinski definition) is 2. The highest BCUT2D eigenvalue weighted by molar-refractivity contribution is 5.92. The highest BCUT2D eigenvalue weighted by Gasteiger charge is 1.82. The molecule has 0 aliphatic heterocycles. The van der Waals surface area contributed by atoms with Crippen molar-refractivity contribution in [3.05, 3.63) is 11.8 Å². The molecule has 0 aromatic carbocycles. The minimum Gasteiger partial charge on any atom is -0.513 e. The number of allylic oxidation sites excluding steroid dienone is 2. The molecule has 0 bridgehead atoms. The van der Waals surface area contributed by atoms with Crippen molar-refractivity contribution in [3.63, 3.8) is 0 Å². The lowest BCUT2D eigenvalue weighted by Gasteiger charge is -1.86. The van der Waals surface area contributed by atoms with Crippen LogP contribution in [0.1, 0.15) is 13.8 Å². The van der Waals surface area contributed by atoms with Crippen molar-refractivity contribution in [2.75, 3.05) is 0 Å². The molecule has 0 aliphatic carbocycles. The van der Waals surface area contributed by atoms with Crippen LogP contribution in [0.3, 0.4) is 0 Å². The van der Waals surface area contributed by atoms with Crippen LogP contribution < -0.4 is 5.84 Å². The van der Waals surface area contributed by atoms with Crippen molar-refractivity contribution in [1.29, 1.82) is 0 Å². The minimum atomic E-state index is 0.219. The summed E-state index contributed by atoms with van der Waals surface area (Å²) in [5, 5.41) is 11.9. The van der Waals surface area contributed by atoms with E-state index in [1.165, 1.54) is 6.08 Å². The molecule has 0 amide bonds. The van der Waals surface area contributed by atoms with E-state index in [0.717, 1.165) is 0 Å². The van der Waals surface area contributed by atoms with E-state index in [0.29, 0.717) is 5.71 Å². The summed E-state index contributed by atoms with van der Waals surface area (Å²) < 4.78 is 0. The lowest BCUT2D eigenvalue weighted by atomic mass is 10.4. The summed E-state index contributed by atoms with van der Waals surface area (Å²) in [6.07, 6.45) is 1.49. The Balaban J connectivity index is 3.89. The Morgan fingerprint density at radius 3 is 2.25 bits per heavy atom. The fourth-order valence-electron chi connectivity index (χ4n) is 0.340. The van der Waals surface area contributed by atoms with Gasteiger partial charge in [0.05, 0.1) is 11.5 Å². The molecule has 0 spiro atoms. The molecular weight excluding hydrogens is 104 g/mol. The Bertz CT molecular complexity index is 122. The van der Waals surface area contributed by atoms with Crippen molar-refractivity contribution in [3.8, 4) is 0 Å². The van der Waals surface area contributed by atoms with E-state index in [4.69, 9.17) is 10.9 Å². The fraction of sp³-hybridized carbons (Fsp3) is 0.400. The summed E-state index contributed by atoms with van der Waals surface area (Å²) in [7, 11) is 0. The first-order valence-corrected chi connectivity index (χ1v) is 2.28. The zero-order valence-electron chi connectivity index (χ0n) is 5.05. The van der Waals surface area contributed by atoms with E-state index < -0.39 is 0 Å². The maximum Gasteiger partial charge on any atom is 0.0910 e. The molecule has 0 saturated carbocycles. The minimum absolute atomic E-state index is 0.219. The molecule has 3 nitrogen and oxygen atoms in total. The van der Waals surface area contributed by atoms with Gasteiger partial charge in [-0.05, 0) is 19.9 Å². The lowest BCUT2D eigenvalue weighted by Crippen LogP contribution is -1.91. The molecule has 0 radical (unpaired) electrons. The average Bonchev–Trinajstić information content (AvgIpc) is 1.65. The van der Waals surface area contributed by atoms with Crippen LogP contribution in [0.4, 0.5) is 0 Å². The van der Waals surface area contributed by atoms with Crippen LogP contribution in [0.5, 0.6) is 0 Å². The number of hydrogen-bond acceptors (Lipinski definition) is 3. The summed E-state index contributed by atoms with van der Waals surface area (Å²) in [6.45, 7) is 3.27. The normalized spacial score (nSPS) is 14.2. The average molecular weight is 114 g/mol. The van der Waals surface area contributed by atoms with Crippen molar-refractivity contribution in [1.82, 2.24) is 0 Å². The first-order valence-electron chi connectivity index (χ1n) is 2.28. The Morgan fingerprint density at radius 1 is 1.62 bits per heavy atom. The largest absolute Gasteiger partial charge is 0.513 e. The zero-order valence-corrected chi connectivity index (χ0v) is 5.05. The number of aliphatic hydroxyl groups is 1. The van der Waals surface area contributed by atoms with Crippen LogP contribution in [0, 0.1) is 0 Å². The van der Waals surface area contributed by atoms with Gasteiger partial charge < -0.3 is 10.9 Å². The SMILES string of the molecule is C/C(O)=C/C(C)=N/N. The van der Waals surface area contributed by atoms with Crippen molar-refractivity contribution < 1.29 is 5.11 Å². The second kappa shape index (κ2) is 3.07. The molecule has 46 valence electrons. The van der Waals surface area contributed by atoms with Gasteiger partial charge >= 0.3 is 0 Å². The molecule has 0 aromatic heterocycles. The van der Waals surface area contributed by atoms with Crippen LogP contribution in [-0.4, -0.2) is 10.8 Å². The van der Waals surface area contributed by atoms with E-state index in [9.17, 15) is 0 Å². The van der Waals surface area contributed by atoms with Gasteiger partial charge in [-0.3, -0.25) is 0 Å². The predicted octanol–water partition coefficient (Wildman–Crippen LogP) is 0.783. The molecule has 0 heterocycles. The number of nitrogens with zero attached hydrogens (tertiary/aromatic N) is 1. The van der Waals surface area contributed by atoms with Crippen molar-refractivity contribution in [2.45, 2.75) is 13.8 Å². The topological polar surface area (TPSA) is 58.6 Å². The molecule has 0 atom stereocenters. The lowest BCUT2D eigenvalue weighted by molar-refractivity contribution is 0.415. The van der Waals surface area contributed by atoms with Gasteiger partial charge in [-0.1, -0.05) is 0 Å². The Kier molecular flexibility index (Phi) is 2.69. The van der Waals surface area contributed by atoms with E-state index in [2.05, 4.69) is 5.10 Å². The summed E-state index contributed by atoms with van der Waals surface area (Å²) in [6, 6.07) is 0. The molecule has 0 aliphatic rings. The maximum absolute atomic E-state index is 8.58. The van der Waals surface area contributed by atoms with Gasteiger partial charge in [-0.2, -0.15) is 5.10 Å². The first-order chi connectivity index (χ1) is 3.66. The van der Waals surface area contributed by atoms with Crippen LogP contribution in [0.2, 0.25) is 0 Å². The standard InChI is InChI=1S/C5H10N2O/c1-4(7-6)3-5(2)8/h3,8H,6H2,1-2H3/b5-3-,7-4+. The van der Waals surface area contributed by atoms with Crippen LogP contribution in [0.15, 0.2) is 16.9 Å². The summed E-state index contributed by atoms with van der Waals surface area (Å²) >= 11 is 0. The van der Waals surface area contributed by atoms with E-state index in [1.54, 1.807) is 13.8 Å². The Hall–Kier alpha value is -0.990. The Labute approximate surface area is 48.5 Å². The van der Waals surface area contributed by atoms with Gasteiger partial charge in [0.15, 0.2) is 0 Å². The quantitative estimate of drug-likeness (QED) is 0.229. The molecule has 8 heavy (non-hydrogen) atoms. The third-order valence-electron chi connectivity index (χ3n) is 0.621. The molecule has 3 N–H and O–H groups in total. The van der Waals surface area contributed by atoms with Crippen LogP contribution >= 0.6 is 0 Å². The van der Waals surface area contributed by atoms with Crippen molar-refractivity contribution in [2.24, 2.45) is 10.9 Å². The molecule has 0 fully saturated rings. The first kappa shape index (κ1) is 7.01. The Morgan fingerprint density at radius 2 is 2.12 bits per heavy atom. The van der Waals surface area contributed by atoms with Gasteiger partial charge in [0.2, 0.25) is 0 Å².